The fraction of sp³-hybridized carbons (Fsp3) is 0.310. The number of nitrogen functional groups attached to an aromatic ring is 1. The van der Waals surface area contributed by atoms with E-state index >= 15 is 0 Å². The maximum atomic E-state index is 14.9. The number of nitrogens with one attached hydrogen (secondary N) is 2. The minimum atomic E-state index is -0.411. The van der Waals surface area contributed by atoms with E-state index in [1.807, 2.05) is 38.4 Å². The number of anilines is 3. The molecule has 0 bridgehead atoms. The zero-order valence-electron chi connectivity index (χ0n) is 33.0. The van der Waals surface area contributed by atoms with E-state index in [4.69, 9.17) is 37.3 Å². The van der Waals surface area contributed by atoms with Crippen LogP contribution < -0.4 is 26.2 Å². The SMILES string of the molecule is CC.CN=Cc1cc(-c2ncc3cc(N4CCN[C@@H](C5CN(c6cnc7nc(-c8cc(F)c9nn(C)cc9c8)cc(Cl)c7c6)CCN5)C4)cnc3n2)c(O)c(C)c1N. The van der Waals surface area contributed by atoms with Crippen molar-refractivity contribution in [1.29, 1.82) is 0 Å². The van der Waals surface area contributed by atoms with Gasteiger partial charge in [-0.25, -0.2) is 29.3 Å². The molecule has 2 atom stereocenters. The first-order valence-electron chi connectivity index (χ1n) is 19.4. The van der Waals surface area contributed by atoms with E-state index in [1.54, 1.807) is 56.4 Å². The Morgan fingerprint density at radius 1 is 0.897 bits per heavy atom. The molecule has 298 valence electrons. The molecule has 9 rings (SSSR count). The van der Waals surface area contributed by atoms with E-state index in [0.29, 0.717) is 66.7 Å². The monoisotopic (exact) mass is 801 g/mol. The molecule has 16 heteroatoms. The van der Waals surface area contributed by atoms with Gasteiger partial charge in [-0.2, -0.15) is 5.10 Å². The highest BCUT2D eigenvalue weighted by molar-refractivity contribution is 6.35. The van der Waals surface area contributed by atoms with Crippen LogP contribution in [0.25, 0.3) is 55.6 Å². The first-order chi connectivity index (χ1) is 28.1. The molecule has 1 unspecified atom stereocenters. The average Bonchev–Trinajstić information content (AvgIpc) is 3.65. The summed E-state index contributed by atoms with van der Waals surface area (Å²) in [5, 5.41) is 25.3. The summed E-state index contributed by atoms with van der Waals surface area (Å²) in [5.41, 5.74) is 12.8. The summed E-state index contributed by atoms with van der Waals surface area (Å²) in [7, 11) is 3.43. The second kappa shape index (κ2) is 16.1. The first-order valence-corrected chi connectivity index (χ1v) is 19.7. The van der Waals surface area contributed by atoms with Crippen molar-refractivity contribution in [3.63, 3.8) is 0 Å². The van der Waals surface area contributed by atoms with Gasteiger partial charge >= 0.3 is 0 Å². The topological polar surface area (TPSA) is 171 Å². The van der Waals surface area contributed by atoms with Crippen LogP contribution >= 0.6 is 11.6 Å². The summed E-state index contributed by atoms with van der Waals surface area (Å²) < 4.78 is 16.5. The minimum Gasteiger partial charge on any atom is -0.507 e. The summed E-state index contributed by atoms with van der Waals surface area (Å²) in [4.78, 5) is 32.3. The van der Waals surface area contributed by atoms with Crippen LogP contribution in [-0.4, -0.2) is 104 Å². The number of hydrogen-bond acceptors (Lipinski definition) is 13. The van der Waals surface area contributed by atoms with Crippen LogP contribution in [0.2, 0.25) is 5.02 Å². The van der Waals surface area contributed by atoms with Gasteiger partial charge in [0.1, 0.15) is 11.3 Å². The fourth-order valence-corrected chi connectivity index (χ4v) is 8.02. The van der Waals surface area contributed by atoms with Crippen LogP contribution in [0.3, 0.4) is 0 Å². The molecule has 5 aromatic heterocycles. The summed E-state index contributed by atoms with van der Waals surface area (Å²) in [6.45, 7) is 10.6. The van der Waals surface area contributed by atoms with Gasteiger partial charge in [0, 0.05) is 123 Å². The fourth-order valence-electron chi connectivity index (χ4n) is 7.78. The zero-order valence-corrected chi connectivity index (χ0v) is 33.8. The lowest BCUT2D eigenvalue weighted by Gasteiger charge is -2.43. The van der Waals surface area contributed by atoms with Crippen LogP contribution in [0, 0.1) is 12.7 Å². The average molecular weight is 802 g/mol. The van der Waals surface area contributed by atoms with Gasteiger partial charge < -0.3 is 31.3 Å². The number of fused-ring (bicyclic) bond motifs is 3. The number of phenols is 1. The number of hydrogen-bond donors (Lipinski definition) is 4. The molecule has 2 fully saturated rings. The van der Waals surface area contributed by atoms with Crippen LogP contribution in [0.5, 0.6) is 5.75 Å². The molecule has 2 saturated heterocycles. The largest absolute Gasteiger partial charge is 0.507 e. The Labute approximate surface area is 340 Å². The second-order valence-corrected chi connectivity index (χ2v) is 14.8. The molecular weight excluding hydrogens is 757 g/mol. The molecule has 2 aliphatic rings. The lowest BCUT2D eigenvalue weighted by molar-refractivity contribution is 0.326. The Hall–Kier alpha value is -6.03. The Bertz CT molecular complexity index is 2700. The van der Waals surface area contributed by atoms with E-state index in [9.17, 15) is 9.50 Å². The molecule has 14 nitrogen and oxygen atoms in total. The van der Waals surface area contributed by atoms with E-state index < -0.39 is 5.82 Å². The quantitative estimate of drug-likeness (QED) is 0.116. The standard InChI is InChI=1S/C40H39ClFN13O.C2H6/c1-21-35(43)23(14-44-2)10-29(37(21)56)40-47-15-24-9-26(16-48-38(24)51-40)54-6-4-45-33(19-54)34-20-55(7-5-46-34)27-12-28-30(41)13-32(50-39(28)49-17-27)22-8-25-18-53(3)52-36(25)31(42)11-22;1-2/h8-18,33-34,45-46,56H,4-7,19-20,43H2,1-3H3;1-2H3/t33-,34?;/m1./s1. The predicted octanol–water partition coefficient (Wildman–Crippen LogP) is 5.91. The third kappa shape index (κ3) is 7.32. The highest BCUT2D eigenvalue weighted by Gasteiger charge is 2.31. The van der Waals surface area contributed by atoms with Crippen molar-refractivity contribution in [2.75, 3.05) is 61.8 Å². The number of phenolic OH excluding ortho intramolecular Hbond substituents is 1. The molecular formula is C42H45ClFN13O. The number of nitrogens with zero attached hydrogens (tertiary/aromatic N) is 10. The van der Waals surface area contributed by atoms with Gasteiger partial charge in [0.2, 0.25) is 0 Å². The number of nitrogens with two attached hydrogens (primary N) is 1. The number of aliphatic imine (C=N–C) groups is 1. The van der Waals surface area contributed by atoms with Crippen molar-refractivity contribution in [2.24, 2.45) is 12.0 Å². The minimum absolute atomic E-state index is 0.0367. The van der Waals surface area contributed by atoms with Crippen LogP contribution in [0.15, 0.2) is 66.2 Å². The van der Waals surface area contributed by atoms with Crippen molar-refractivity contribution >= 4 is 67.8 Å². The third-order valence-electron chi connectivity index (χ3n) is 10.8. The van der Waals surface area contributed by atoms with E-state index in [1.165, 1.54) is 6.07 Å². The molecule has 0 aliphatic carbocycles. The number of aromatic nitrogens is 7. The zero-order chi connectivity index (χ0) is 40.7. The Balaban J connectivity index is 0.00000231. The van der Waals surface area contributed by atoms with Gasteiger partial charge in [-0.05, 0) is 43.3 Å². The number of benzene rings is 2. The smallest absolute Gasteiger partial charge is 0.165 e. The normalized spacial score (nSPS) is 17.4. The number of aryl methyl sites for hydroxylation is 1. The number of halogens is 2. The van der Waals surface area contributed by atoms with Crippen molar-refractivity contribution in [3.05, 3.63) is 83.2 Å². The maximum absolute atomic E-state index is 14.9. The molecule has 0 saturated carbocycles. The molecule has 5 N–H and O–H groups in total. The molecule has 0 radical (unpaired) electrons. The lowest BCUT2D eigenvalue weighted by atomic mass is 10.0. The van der Waals surface area contributed by atoms with Crippen molar-refractivity contribution in [1.82, 2.24) is 45.3 Å². The van der Waals surface area contributed by atoms with Gasteiger partial charge in [-0.1, -0.05) is 25.4 Å². The van der Waals surface area contributed by atoms with E-state index in [2.05, 4.69) is 41.6 Å². The third-order valence-corrected chi connectivity index (χ3v) is 11.1. The molecule has 7 heterocycles. The van der Waals surface area contributed by atoms with Gasteiger partial charge in [-0.15, -0.1) is 0 Å². The van der Waals surface area contributed by atoms with E-state index in [-0.39, 0.29) is 17.8 Å². The molecule has 0 amide bonds. The summed E-state index contributed by atoms with van der Waals surface area (Å²) in [5.74, 6) is -0.0132. The first kappa shape index (κ1) is 38.8. The number of aromatic hydroxyl groups is 1. The van der Waals surface area contributed by atoms with Gasteiger partial charge in [0.15, 0.2) is 22.9 Å². The Morgan fingerprint density at radius 3 is 2.29 bits per heavy atom. The summed E-state index contributed by atoms with van der Waals surface area (Å²) >= 11 is 6.85. The van der Waals surface area contributed by atoms with Gasteiger partial charge in [0.05, 0.1) is 40.0 Å². The van der Waals surface area contributed by atoms with E-state index in [0.717, 1.165) is 61.4 Å². The highest BCUT2D eigenvalue weighted by atomic mass is 35.5. The van der Waals surface area contributed by atoms with Gasteiger partial charge in [0.25, 0.3) is 0 Å². The Kier molecular flexibility index (Phi) is 10.8. The van der Waals surface area contributed by atoms with Crippen LogP contribution in [0.1, 0.15) is 25.0 Å². The summed E-state index contributed by atoms with van der Waals surface area (Å²) in [6, 6.07) is 11.2. The summed E-state index contributed by atoms with van der Waals surface area (Å²) in [6.07, 6.45) is 8.86. The number of rotatable bonds is 6. The lowest BCUT2D eigenvalue weighted by Crippen LogP contribution is -2.65. The molecule has 58 heavy (non-hydrogen) atoms. The molecule has 0 spiro atoms. The maximum Gasteiger partial charge on any atom is 0.165 e. The van der Waals surface area contributed by atoms with Crippen molar-refractivity contribution < 1.29 is 9.50 Å². The van der Waals surface area contributed by atoms with Crippen LogP contribution in [-0.2, 0) is 7.05 Å². The van der Waals surface area contributed by atoms with Crippen molar-refractivity contribution in [3.8, 4) is 28.4 Å². The highest BCUT2D eigenvalue weighted by Crippen LogP contribution is 2.36. The van der Waals surface area contributed by atoms with Crippen LogP contribution in [0.4, 0.5) is 21.5 Å². The van der Waals surface area contributed by atoms with Gasteiger partial charge in [-0.3, -0.25) is 9.67 Å². The molecule has 2 aromatic carbocycles. The Morgan fingerprint density at radius 2 is 1.59 bits per heavy atom. The molecule has 7 aromatic rings. The second-order valence-electron chi connectivity index (χ2n) is 14.4. The predicted molar refractivity (Wildman–Crippen MR) is 231 cm³/mol. The number of piperazine rings is 2. The molecule has 2 aliphatic heterocycles. The van der Waals surface area contributed by atoms with Crippen molar-refractivity contribution in [2.45, 2.75) is 32.9 Å². The number of pyridine rings is 3.